The van der Waals surface area contributed by atoms with Crippen molar-refractivity contribution in [2.75, 3.05) is 18.5 Å². The van der Waals surface area contributed by atoms with Crippen molar-refractivity contribution in [1.29, 1.82) is 0 Å². The number of likely N-dealkylation sites (N-methyl/N-ethyl adjacent to an activating group) is 1. The summed E-state index contributed by atoms with van der Waals surface area (Å²) in [4.78, 5) is 14.6. The van der Waals surface area contributed by atoms with Gasteiger partial charge in [-0.15, -0.1) is 0 Å². The number of Topliss-reactive ketones (excluding diaryl/α,β-unsaturated/α-hetero) is 1. The first-order valence-corrected chi connectivity index (χ1v) is 7.28. The fraction of sp³-hybridized carbons (Fsp3) is 0.316. The minimum Gasteiger partial charge on any atom is -0.367 e. The van der Waals surface area contributed by atoms with Crippen LogP contribution in [0.5, 0.6) is 0 Å². The SMILES string of the molecule is Cc1cc(C)c(C(=O)CN(C)c2ccccc2C)cc1C. The van der Waals surface area contributed by atoms with Crippen LogP contribution in [0.4, 0.5) is 5.69 Å². The molecule has 21 heavy (non-hydrogen) atoms. The van der Waals surface area contributed by atoms with Crippen LogP contribution < -0.4 is 4.90 Å². The van der Waals surface area contributed by atoms with Crippen molar-refractivity contribution in [3.05, 3.63) is 64.2 Å². The second kappa shape index (κ2) is 6.13. The molecular weight excluding hydrogens is 258 g/mol. The molecule has 2 aromatic rings. The molecule has 2 aromatic carbocycles. The number of hydrogen-bond acceptors (Lipinski definition) is 2. The summed E-state index contributed by atoms with van der Waals surface area (Å²) in [6.45, 7) is 8.60. The Labute approximate surface area is 127 Å². The largest absolute Gasteiger partial charge is 0.367 e. The first-order valence-electron chi connectivity index (χ1n) is 7.28. The van der Waals surface area contributed by atoms with E-state index >= 15 is 0 Å². The minimum atomic E-state index is 0.168. The molecule has 0 aromatic heterocycles. The lowest BCUT2D eigenvalue weighted by molar-refractivity contribution is 0.0999. The van der Waals surface area contributed by atoms with Crippen molar-refractivity contribution in [1.82, 2.24) is 0 Å². The minimum absolute atomic E-state index is 0.168. The van der Waals surface area contributed by atoms with Crippen LogP contribution in [-0.2, 0) is 0 Å². The van der Waals surface area contributed by atoms with Crippen molar-refractivity contribution in [2.45, 2.75) is 27.7 Å². The van der Waals surface area contributed by atoms with Gasteiger partial charge in [-0.2, -0.15) is 0 Å². The Kier molecular flexibility index (Phi) is 4.46. The summed E-state index contributed by atoms with van der Waals surface area (Å²) in [5, 5.41) is 0. The van der Waals surface area contributed by atoms with Crippen LogP contribution in [0.2, 0.25) is 0 Å². The topological polar surface area (TPSA) is 20.3 Å². The maximum atomic E-state index is 12.6. The van der Waals surface area contributed by atoms with E-state index < -0.39 is 0 Å². The molecule has 0 N–H and O–H groups in total. The summed E-state index contributed by atoms with van der Waals surface area (Å²) in [6, 6.07) is 12.2. The van der Waals surface area contributed by atoms with Crippen molar-refractivity contribution < 1.29 is 4.79 Å². The average Bonchev–Trinajstić information content (AvgIpc) is 2.43. The van der Waals surface area contributed by atoms with Gasteiger partial charge in [-0.05, 0) is 62.1 Å². The number of aryl methyl sites for hydroxylation is 4. The Hall–Kier alpha value is -2.09. The summed E-state index contributed by atoms with van der Waals surface area (Å²) >= 11 is 0. The molecule has 0 radical (unpaired) electrons. The molecule has 0 bridgehead atoms. The van der Waals surface area contributed by atoms with Gasteiger partial charge in [0.15, 0.2) is 5.78 Å². The number of hydrogen-bond donors (Lipinski definition) is 0. The zero-order chi connectivity index (χ0) is 15.6. The van der Waals surface area contributed by atoms with E-state index in [9.17, 15) is 4.79 Å². The summed E-state index contributed by atoms with van der Waals surface area (Å²) < 4.78 is 0. The van der Waals surface area contributed by atoms with Gasteiger partial charge in [-0.25, -0.2) is 0 Å². The first-order chi connectivity index (χ1) is 9.90. The number of benzene rings is 2. The van der Waals surface area contributed by atoms with Crippen LogP contribution in [0.3, 0.4) is 0 Å². The Morgan fingerprint density at radius 2 is 1.52 bits per heavy atom. The number of anilines is 1. The van der Waals surface area contributed by atoms with E-state index in [4.69, 9.17) is 0 Å². The second-order valence-corrected chi connectivity index (χ2v) is 5.82. The van der Waals surface area contributed by atoms with Gasteiger partial charge in [0.1, 0.15) is 0 Å². The molecule has 2 nitrogen and oxygen atoms in total. The molecule has 0 unspecified atom stereocenters. The molecule has 110 valence electrons. The third-order valence-electron chi connectivity index (χ3n) is 4.05. The molecule has 0 aliphatic heterocycles. The summed E-state index contributed by atoms with van der Waals surface area (Å²) in [6.07, 6.45) is 0. The van der Waals surface area contributed by atoms with Gasteiger partial charge in [-0.3, -0.25) is 4.79 Å². The normalized spacial score (nSPS) is 10.5. The molecule has 0 heterocycles. The molecule has 0 fully saturated rings. The predicted octanol–water partition coefficient (Wildman–Crippen LogP) is 4.24. The van der Waals surface area contributed by atoms with Crippen molar-refractivity contribution in [3.8, 4) is 0 Å². The lowest BCUT2D eigenvalue weighted by Crippen LogP contribution is -2.26. The number of carbonyl (C=O) groups excluding carboxylic acids is 1. The molecule has 2 heteroatoms. The summed E-state index contributed by atoms with van der Waals surface area (Å²) in [5.74, 6) is 0.168. The quantitative estimate of drug-likeness (QED) is 0.781. The summed E-state index contributed by atoms with van der Waals surface area (Å²) in [7, 11) is 1.97. The van der Waals surface area contributed by atoms with Gasteiger partial charge < -0.3 is 4.90 Å². The van der Waals surface area contributed by atoms with E-state index in [1.807, 2.05) is 37.1 Å². The van der Waals surface area contributed by atoms with E-state index in [0.29, 0.717) is 6.54 Å². The van der Waals surface area contributed by atoms with Gasteiger partial charge in [0.25, 0.3) is 0 Å². The Morgan fingerprint density at radius 3 is 2.19 bits per heavy atom. The molecule has 0 atom stereocenters. The number of rotatable bonds is 4. The Balaban J connectivity index is 2.22. The number of nitrogens with zero attached hydrogens (tertiary/aromatic N) is 1. The van der Waals surface area contributed by atoms with Crippen LogP contribution in [0.1, 0.15) is 32.6 Å². The zero-order valence-corrected chi connectivity index (χ0v) is 13.5. The van der Waals surface area contributed by atoms with Gasteiger partial charge in [0, 0.05) is 18.3 Å². The maximum absolute atomic E-state index is 12.6. The Bertz CT molecular complexity index is 673. The van der Waals surface area contributed by atoms with Gasteiger partial charge in [0.05, 0.1) is 6.54 Å². The maximum Gasteiger partial charge on any atom is 0.182 e. The van der Waals surface area contributed by atoms with E-state index in [1.54, 1.807) is 0 Å². The zero-order valence-electron chi connectivity index (χ0n) is 13.5. The predicted molar refractivity (Wildman–Crippen MR) is 89.4 cm³/mol. The highest BCUT2D eigenvalue weighted by atomic mass is 16.1. The monoisotopic (exact) mass is 281 g/mol. The standard InChI is InChI=1S/C19H23NO/c1-13-8-6-7-9-18(13)20(5)12-19(21)17-11-15(3)14(2)10-16(17)4/h6-11H,12H2,1-5H3. The van der Waals surface area contributed by atoms with Gasteiger partial charge >= 0.3 is 0 Å². The Morgan fingerprint density at radius 1 is 0.905 bits per heavy atom. The van der Waals surface area contributed by atoms with Crippen molar-refractivity contribution in [2.24, 2.45) is 0 Å². The molecule has 0 aliphatic carbocycles. The first kappa shape index (κ1) is 15.3. The molecule has 0 spiro atoms. The second-order valence-electron chi connectivity index (χ2n) is 5.82. The summed E-state index contributed by atoms with van der Waals surface area (Å²) in [5.41, 5.74) is 6.58. The molecular formula is C19H23NO. The van der Waals surface area contributed by atoms with E-state index in [1.165, 1.54) is 16.7 Å². The van der Waals surface area contributed by atoms with Crippen LogP contribution >= 0.6 is 0 Å². The number of para-hydroxylation sites is 1. The molecule has 0 aliphatic rings. The molecule has 0 saturated heterocycles. The van der Waals surface area contributed by atoms with Gasteiger partial charge in [-0.1, -0.05) is 24.3 Å². The van der Waals surface area contributed by atoms with E-state index in [-0.39, 0.29) is 5.78 Å². The number of ketones is 1. The highest BCUT2D eigenvalue weighted by molar-refractivity contribution is 6.00. The fourth-order valence-corrected chi connectivity index (χ4v) is 2.64. The van der Waals surface area contributed by atoms with Crippen molar-refractivity contribution >= 4 is 11.5 Å². The van der Waals surface area contributed by atoms with E-state index in [2.05, 4.69) is 39.0 Å². The van der Waals surface area contributed by atoms with Crippen LogP contribution in [0.15, 0.2) is 36.4 Å². The molecule has 0 saturated carbocycles. The van der Waals surface area contributed by atoms with Gasteiger partial charge in [0.2, 0.25) is 0 Å². The lowest BCUT2D eigenvalue weighted by atomic mass is 9.98. The smallest absolute Gasteiger partial charge is 0.182 e. The van der Waals surface area contributed by atoms with Crippen LogP contribution in [-0.4, -0.2) is 19.4 Å². The lowest BCUT2D eigenvalue weighted by Gasteiger charge is -2.21. The van der Waals surface area contributed by atoms with Crippen molar-refractivity contribution in [3.63, 3.8) is 0 Å². The third kappa shape index (κ3) is 3.33. The fourth-order valence-electron chi connectivity index (χ4n) is 2.64. The average molecular weight is 281 g/mol. The van der Waals surface area contributed by atoms with E-state index in [0.717, 1.165) is 16.8 Å². The van der Waals surface area contributed by atoms with Crippen LogP contribution in [0.25, 0.3) is 0 Å². The third-order valence-corrected chi connectivity index (χ3v) is 4.05. The van der Waals surface area contributed by atoms with Crippen LogP contribution in [0, 0.1) is 27.7 Å². The highest BCUT2D eigenvalue weighted by Gasteiger charge is 2.14. The highest BCUT2D eigenvalue weighted by Crippen LogP contribution is 2.20. The number of carbonyl (C=O) groups is 1. The molecule has 2 rings (SSSR count). The molecule has 0 amide bonds.